The van der Waals surface area contributed by atoms with E-state index in [9.17, 15) is 4.79 Å². The average Bonchev–Trinajstić information content (AvgIpc) is 2.77. The fourth-order valence-corrected chi connectivity index (χ4v) is 2.86. The highest BCUT2D eigenvalue weighted by Crippen LogP contribution is 2.13. The van der Waals surface area contributed by atoms with E-state index in [0.717, 1.165) is 31.6 Å². The number of nitrogens with zero attached hydrogens (tertiary/aromatic N) is 1. The summed E-state index contributed by atoms with van der Waals surface area (Å²) in [4.78, 5) is 14.0. The molecule has 15 heavy (non-hydrogen) atoms. The number of carbonyl (C=O) groups is 1. The maximum absolute atomic E-state index is 12.1. The van der Waals surface area contributed by atoms with Crippen molar-refractivity contribution < 1.29 is 4.79 Å². The van der Waals surface area contributed by atoms with E-state index >= 15 is 0 Å². The van der Waals surface area contributed by atoms with Crippen LogP contribution in [0, 0.1) is 0 Å². The van der Waals surface area contributed by atoms with Gasteiger partial charge in [0.05, 0.1) is 6.04 Å². The smallest absolute Gasteiger partial charge is 0.239 e. The SMILES string of the molecule is CCC(CSC)N(C)C(=O)[C@H]1CCCN1. The Morgan fingerprint density at radius 1 is 1.67 bits per heavy atom. The van der Waals surface area contributed by atoms with Crippen LogP contribution in [-0.4, -0.2) is 48.5 Å². The Bertz CT molecular complexity index is 205. The fraction of sp³-hybridized carbons (Fsp3) is 0.909. The number of hydrogen-bond donors (Lipinski definition) is 1. The molecular weight excluding hydrogens is 208 g/mol. The largest absolute Gasteiger partial charge is 0.341 e. The van der Waals surface area contributed by atoms with Gasteiger partial charge in [-0.25, -0.2) is 0 Å². The molecule has 0 spiro atoms. The number of carbonyl (C=O) groups excluding carboxylic acids is 1. The molecule has 3 nitrogen and oxygen atoms in total. The first kappa shape index (κ1) is 12.8. The Morgan fingerprint density at radius 3 is 2.87 bits per heavy atom. The Hall–Kier alpha value is -0.220. The van der Waals surface area contributed by atoms with E-state index in [2.05, 4.69) is 18.5 Å². The molecule has 1 unspecified atom stereocenters. The topological polar surface area (TPSA) is 32.3 Å². The van der Waals surface area contributed by atoms with Gasteiger partial charge >= 0.3 is 0 Å². The lowest BCUT2D eigenvalue weighted by Crippen LogP contribution is -2.47. The molecule has 1 heterocycles. The zero-order chi connectivity index (χ0) is 11.3. The normalized spacial score (nSPS) is 22.7. The Labute approximate surface area is 97.0 Å². The van der Waals surface area contributed by atoms with Crippen molar-refractivity contribution in [2.45, 2.75) is 38.3 Å². The number of likely N-dealkylation sites (N-methyl/N-ethyl adjacent to an activating group) is 1. The predicted molar refractivity (Wildman–Crippen MR) is 66.3 cm³/mol. The Balaban J connectivity index is 2.48. The molecule has 0 radical (unpaired) electrons. The van der Waals surface area contributed by atoms with Gasteiger partial charge in [-0.1, -0.05) is 6.92 Å². The lowest BCUT2D eigenvalue weighted by molar-refractivity contribution is -0.133. The maximum Gasteiger partial charge on any atom is 0.239 e. The molecule has 0 aromatic carbocycles. The summed E-state index contributed by atoms with van der Waals surface area (Å²) in [5.74, 6) is 1.30. The van der Waals surface area contributed by atoms with Crippen molar-refractivity contribution in [3.05, 3.63) is 0 Å². The monoisotopic (exact) mass is 230 g/mol. The summed E-state index contributed by atoms with van der Waals surface area (Å²) in [5, 5.41) is 3.26. The highest BCUT2D eigenvalue weighted by atomic mass is 32.2. The van der Waals surface area contributed by atoms with Crippen molar-refractivity contribution >= 4 is 17.7 Å². The first-order valence-corrected chi connectivity index (χ1v) is 7.09. The van der Waals surface area contributed by atoms with Gasteiger partial charge in [-0.15, -0.1) is 0 Å². The summed E-state index contributed by atoms with van der Waals surface area (Å²) in [6.45, 7) is 3.14. The number of amides is 1. The molecule has 1 amide bonds. The van der Waals surface area contributed by atoms with Gasteiger partial charge in [0, 0.05) is 18.8 Å². The summed E-state index contributed by atoms with van der Waals surface area (Å²) >= 11 is 1.81. The number of nitrogens with one attached hydrogen (secondary N) is 1. The van der Waals surface area contributed by atoms with Gasteiger partial charge in [-0.05, 0) is 32.1 Å². The third-order valence-corrected chi connectivity index (χ3v) is 3.80. The van der Waals surface area contributed by atoms with Crippen LogP contribution >= 0.6 is 11.8 Å². The number of thioether (sulfide) groups is 1. The van der Waals surface area contributed by atoms with Gasteiger partial charge in [0.25, 0.3) is 0 Å². The summed E-state index contributed by atoms with van der Waals surface area (Å²) < 4.78 is 0. The first-order chi connectivity index (χ1) is 7.20. The van der Waals surface area contributed by atoms with Gasteiger partial charge in [0.2, 0.25) is 5.91 Å². The molecule has 0 bridgehead atoms. The van der Waals surface area contributed by atoms with Crippen LogP contribution in [0.3, 0.4) is 0 Å². The molecule has 4 heteroatoms. The standard InChI is InChI=1S/C11H22N2OS/c1-4-9(8-15-3)13(2)11(14)10-6-5-7-12-10/h9-10,12H,4-8H2,1-3H3/t9?,10-/m1/s1. The summed E-state index contributed by atoms with van der Waals surface area (Å²) in [5.41, 5.74) is 0. The van der Waals surface area contributed by atoms with Crippen LogP contribution in [0.5, 0.6) is 0 Å². The van der Waals surface area contributed by atoms with Crippen LogP contribution in [0.25, 0.3) is 0 Å². The van der Waals surface area contributed by atoms with E-state index in [4.69, 9.17) is 0 Å². The van der Waals surface area contributed by atoms with Crippen LogP contribution in [-0.2, 0) is 4.79 Å². The van der Waals surface area contributed by atoms with Crippen molar-refractivity contribution in [1.82, 2.24) is 10.2 Å². The Morgan fingerprint density at radius 2 is 2.40 bits per heavy atom. The summed E-state index contributed by atoms with van der Waals surface area (Å²) in [6, 6.07) is 0.459. The number of hydrogen-bond acceptors (Lipinski definition) is 3. The van der Waals surface area contributed by atoms with E-state index in [0.29, 0.717) is 6.04 Å². The van der Waals surface area contributed by atoms with E-state index in [1.54, 1.807) is 0 Å². The van der Waals surface area contributed by atoms with Crippen molar-refractivity contribution in [3.63, 3.8) is 0 Å². The quantitative estimate of drug-likeness (QED) is 0.773. The third kappa shape index (κ3) is 3.38. The average molecular weight is 230 g/mol. The van der Waals surface area contributed by atoms with E-state index in [1.807, 2.05) is 23.7 Å². The molecule has 0 aliphatic carbocycles. The zero-order valence-corrected chi connectivity index (χ0v) is 10.8. The predicted octanol–water partition coefficient (Wildman–Crippen LogP) is 1.34. The van der Waals surface area contributed by atoms with Crippen LogP contribution in [0.1, 0.15) is 26.2 Å². The molecule has 1 rings (SSSR count). The van der Waals surface area contributed by atoms with Crippen LogP contribution < -0.4 is 5.32 Å². The highest BCUT2D eigenvalue weighted by molar-refractivity contribution is 7.98. The molecule has 0 aromatic heterocycles. The van der Waals surface area contributed by atoms with Gasteiger partial charge in [-0.3, -0.25) is 4.79 Å². The molecule has 0 saturated carbocycles. The first-order valence-electron chi connectivity index (χ1n) is 5.69. The molecule has 1 saturated heterocycles. The molecule has 1 N–H and O–H groups in total. The molecule has 2 atom stereocenters. The Kier molecular flexibility index (Phi) is 5.47. The van der Waals surface area contributed by atoms with Crippen molar-refractivity contribution in [2.75, 3.05) is 25.6 Å². The maximum atomic E-state index is 12.1. The number of rotatable bonds is 5. The second kappa shape index (κ2) is 6.38. The molecule has 1 aliphatic heterocycles. The second-order valence-electron chi connectivity index (χ2n) is 4.12. The lowest BCUT2D eigenvalue weighted by atomic mass is 10.1. The van der Waals surface area contributed by atoms with Gasteiger partial charge in [0.15, 0.2) is 0 Å². The summed E-state index contributed by atoms with van der Waals surface area (Å²) in [6.07, 6.45) is 5.26. The minimum atomic E-state index is 0.0749. The van der Waals surface area contributed by atoms with Crippen molar-refractivity contribution in [2.24, 2.45) is 0 Å². The van der Waals surface area contributed by atoms with Crippen LogP contribution in [0.4, 0.5) is 0 Å². The second-order valence-corrected chi connectivity index (χ2v) is 5.03. The molecule has 0 aromatic rings. The molecular formula is C11H22N2OS. The fourth-order valence-electron chi connectivity index (χ4n) is 2.02. The van der Waals surface area contributed by atoms with E-state index in [-0.39, 0.29) is 11.9 Å². The van der Waals surface area contributed by atoms with Gasteiger partial charge < -0.3 is 10.2 Å². The van der Waals surface area contributed by atoms with Crippen LogP contribution in [0.2, 0.25) is 0 Å². The molecule has 1 fully saturated rings. The van der Waals surface area contributed by atoms with Crippen molar-refractivity contribution in [1.29, 1.82) is 0 Å². The zero-order valence-electron chi connectivity index (χ0n) is 9.95. The minimum Gasteiger partial charge on any atom is -0.341 e. The van der Waals surface area contributed by atoms with Gasteiger partial charge in [0.1, 0.15) is 0 Å². The van der Waals surface area contributed by atoms with Crippen LogP contribution in [0.15, 0.2) is 0 Å². The molecule has 1 aliphatic rings. The molecule has 88 valence electrons. The highest BCUT2D eigenvalue weighted by Gasteiger charge is 2.27. The summed E-state index contributed by atoms with van der Waals surface area (Å²) in [7, 11) is 1.94. The van der Waals surface area contributed by atoms with Gasteiger partial charge in [-0.2, -0.15) is 11.8 Å². The lowest BCUT2D eigenvalue weighted by Gasteiger charge is -2.29. The van der Waals surface area contributed by atoms with E-state index < -0.39 is 0 Å². The minimum absolute atomic E-state index is 0.0749. The van der Waals surface area contributed by atoms with E-state index in [1.165, 1.54) is 0 Å². The van der Waals surface area contributed by atoms with Crippen molar-refractivity contribution in [3.8, 4) is 0 Å². The third-order valence-electron chi connectivity index (χ3n) is 3.08.